The average Bonchev–Trinajstić information content (AvgIpc) is 2.74. The van der Waals surface area contributed by atoms with Crippen molar-refractivity contribution in [1.29, 1.82) is 0 Å². The molecule has 0 amide bonds. The Morgan fingerprint density at radius 2 is 2.18 bits per heavy atom. The highest BCUT2D eigenvalue weighted by Crippen LogP contribution is 2.16. The number of aliphatic hydroxyl groups excluding tert-OH is 1. The lowest BCUT2D eigenvalue weighted by molar-refractivity contribution is 0.275. The molecule has 0 bridgehead atoms. The smallest absolute Gasteiger partial charge is 0.131 e. The van der Waals surface area contributed by atoms with E-state index in [4.69, 9.17) is 0 Å². The summed E-state index contributed by atoms with van der Waals surface area (Å²) >= 11 is 2.18. The molecule has 0 saturated heterocycles. The number of halogens is 1. The summed E-state index contributed by atoms with van der Waals surface area (Å²) in [7, 11) is 0. The molecule has 1 N–H and O–H groups in total. The molecule has 0 aliphatic carbocycles. The molecule has 90 valence electrons. The summed E-state index contributed by atoms with van der Waals surface area (Å²) in [5.74, 6) is 0.978. The van der Waals surface area contributed by atoms with Gasteiger partial charge in [0.15, 0.2) is 0 Å². The Bertz CT molecular complexity index is 524. The summed E-state index contributed by atoms with van der Waals surface area (Å²) in [5, 5.41) is 13.5. The molecule has 2 heterocycles. The molecule has 0 atom stereocenters. The molecule has 0 spiro atoms. The Balaban J connectivity index is 2.48. The topological polar surface area (TPSA) is 63.8 Å². The molecule has 0 unspecified atom stereocenters. The van der Waals surface area contributed by atoms with Crippen LogP contribution >= 0.6 is 22.6 Å². The van der Waals surface area contributed by atoms with E-state index in [9.17, 15) is 5.11 Å². The van der Waals surface area contributed by atoms with Crippen LogP contribution < -0.4 is 0 Å². The summed E-state index contributed by atoms with van der Waals surface area (Å²) in [5.41, 5.74) is 1.32. The number of hydrogen-bond acceptors (Lipinski definition) is 4. The van der Waals surface area contributed by atoms with E-state index in [-0.39, 0.29) is 12.5 Å². The van der Waals surface area contributed by atoms with Crippen LogP contribution in [-0.2, 0) is 6.61 Å². The molecule has 0 saturated carbocycles. The van der Waals surface area contributed by atoms with Crippen LogP contribution in [0.15, 0.2) is 18.6 Å². The quantitative estimate of drug-likeness (QED) is 0.864. The first-order valence-corrected chi connectivity index (χ1v) is 6.37. The molecular formula is C11H13IN4O. The van der Waals surface area contributed by atoms with E-state index in [0.717, 1.165) is 15.1 Å². The number of nitrogens with zero attached hydrogens (tertiary/aromatic N) is 4. The third-order valence-corrected chi connectivity index (χ3v) is 2.89. The predicted molar refractivity (Wildman–Crippen MR) is 71.9 cm³/mol. The molecule has 2 aromatic rings. The molecule has 0 fully saturated rings. The highest BCUT2D eigenvalue weighted by Gasteiger charge is 2.11. The van der Waals surface area contributed by atoms with Crippen molar-refractivity contribution in [3.63, 3.8) is 0 Å². The molecule has 5 nitrogen and oxygen atoms in total. The van der Waals surface area contributed by atoms with E-state index in [0.29, 0.717) is 5.69 Å². The first-order valence-electron chi connectivity index (χ1n) is 5.29. The molecule has 0 radical (unpaired) electrons. The van der Waals surface area contributed by atoms with E-state index < -0.39 is 0 Å². The molecule has 0 aliphatic rings. The second kappa shape index (κ2) is 5.09. The van der Waals surface area contributed by atoms with Gasteiger partial charge < -0.3 is 5.11 Å². The molecular weight excluding hydrogens is 331 g/mol. The van der Waals surface area contributed by atoms with Crippen molar-refractivity contribution in [1.82, 2.24) is 19.7 Å². The third-order valence-electron chi connectivity index (χ3n) is 2.33. The Kier molecular flexibility index (Phi) is 3.72. The van der Waals surface area contributed by atoms with Crippen molar-refractivity contribution < 1.29 is 5.11 Å². The Morgan fingerprint density at radius 1 is 1.41 bits per heavy atom. The molecule has 0 aliphatic heterocycles. The minimum Gasteiger partial charge on any atom is -0.390 e. The molecule has 2 aromatic heterocycles. The van der Waals surface area contributed by atoms with E-state index in [2.05, 4.69) is 37.7 Å². The van der Waals surface area contributed by atoms with Crippen LogP contribution in [0.2, 0.25) is 0 Å². The van der Waals surface area contributed by atoms with Crippen LogP contribution in [0.4, 0.5) is 0 Å². The fraction of sp³-hybridized carbons (Fsp3) is 0.364. The van der Waals surface area contributed by atoms with Crippen LogP contribution in [-0.4, -0.2) is 24.9 Å². The van der Waals surface area contributed by atoms with Crippen LogP contribution in [0.1, 0.15) is 31.3 Å². The molecule has 0 aromatic carbocycles. The highest BCUT2D eigenvalue weighted by molar-refractivity contribution is 14.1. The third kappa shape index (κ3) is 2.63. The zero-order chi connectivity index (χ0) is 12.4. The van der Waals surface area contributed by atoms with Gasteiger partial charge in [0, 0.05) is 12.1 Å². The Morgan fingerprint density at radius 3 is 2.71 bits per heavy atom. The van der Waals surface area contributed by atoms with Crippen molar-refractivity contribution >= 4 is 22.6 Å². The normalized spacial score (nSPS) is 11.1. The fourth-order valence-electron chi connectivity index (χ4n) is 1.44. The second-order valence-corrected chi connectivity index (χ2v) is 5.22. The van der Waals surface area contributed by atoms with Crippen LogP contribution in [0.3, 0.4) is 0 Å². The SMILES string of the molecule is CC(C)c1ncc(-n2cc(I)cn2)c(CO)n1. The van der Waals surface area contributed by atoms with Crippen molar-refractivity contribution in [2.45, 2.75) is 26.4 Å². The summed E-state index contributed by atoms with van der Waals surface area (Å²) in [6, 6.07) is 0. The van der Waals surface area contributed by atoms with Crippen molar-refractivity contribution in [2.24, 2.45) is 0 Å². The first-order chi connectivity index (χ1) is 8.11. The van der Waals surface area contributed by atoms with E-state index >= 15 is 0 Å². The lowest BCUT2D eigenvalue weighted by Gasteiger charge is -2.09. The maximum Gasteiger partial charge on any atom is 0.131 e. The van der Waals surface area contributed by atoms with E-state index in [1.165, 1.54) is 0 Å². The van der Waals surface area contributed by atoms with Crippen LogP contribution in [0, 0.1) is 3.57 Å². The van der Waals surface area contributed by atoms with Crippen LogP contribution in [0.25, 0.3) is 5.69 Å². The largest absolute Gasteiger partial charge is 0.390 e. The van der Waals surface area contributed by atoms with Gasteiger partial charge in [-0.05, 0) is 22.6 Å². The minimum absolute atomic E-state index is 0.117. The number of aliphatic hydroxyl groups is 1. The van der Waals surface area contributed by atoms with Crippen molar-refractivity contribution in [3.05, 3.63) is 33.7 Å². The van der Waals surface area contributed by atoms with Gasteiger partial charge in [0.2, 0.25) is 0 Å². The molecule has 17 heavy (non-hydrogen) atoms. The van der Waals surface area contributed by atoms with E-state index in [1.54, 1.807) is 17.1 Å². The van der Waals surface area contributed by atoms with Gasteiger partial charge >= 0.3 is 0 Å². The van der Waals surface area contributed by atoms with Crippen molar-refractivity contribution in [3.8, 4) is 5.69 Å². The highest BCUT2D eigenvalue weighted by atomic mass is 127. The van der Waals surface area contributed by atoms with Gasteiger partial charge in [-0.25, -0.2) is 14.6 Å². The van der Waals surface area contributed by atoms with Crippen LogP contribution in [0.5, 0.6) is 0 Å². The standard InChI is InChI=1S/C11H13IN4O/c1-7(2)11-13-4-10(9(6-17)15-11)16-5-8(12)3-14-16/h3-5,7,17H,6H2,1-2H3. The lowest BCUT2D eigenvalue weighted by Crippen LogP contribution is -2.08. The lowest BCUT2D eigenvalue weighted by atomic mass is 10.2. The molecule has 2 rings (SSSR count). The van der Waals surface area contributed by atoms with Gasteiger partial charge in [-0.2, -0.15) is 5.10 Å². The summed E-state index contributed by atoms with van der Waals surface area (Å²) in [6.07, 6.45) is 5.32. The van der Waals surface area contributed by atoms with Gasteiger partial charge in [-0.15, -0.1) is 0 Å². The molecule has 6 heteroatoms. The minimum atomic E-state index is -0.117. The Labute approximate surface area is 113 Å². The summed E-state index contributed by atoms with van der Waals surface area (Å²) < 4.78 is 2.71. The second-order valence-electron chi connectivity index (χ2n) is 3.98. The zero-order valence-electron chi connectivity index (χ0n) is 9.63. The predicted octanol–water partition coefficient (Wildman–Crippen LogP) is 1.88. The monoisotopic (exact) mass is 344 g/mol. The number of hydrogen-bond donors (Lipinski definition) is 1. The van der Waals surface area contributed by atoms with E-state index in [1.807, 2.05) is 20.0 Å². The van der Waals surface area contributed by atoms with Gasteiger partial charge in [0.05, 0.1) is 28.3 Å². The van der Waals surface area contributed by atoms with Gasteiger partial charge in [0.25, 0.3) is 0 Å². The fourth-order valence-corrected chi connectivity index (χ4v) is 1.83. The Hall–Kier alpha value is -1.02. The summed E-state index contributed by atoms with van der Waals surface area (Å²) in [6.45, 7) is 3.92. The maximum atomic E-state index is 9.36. The van der Waals surface area contributed by atoms with Crippen molar-refractivity contribution in [2.75, 3.05) is 0 Å². The number of rotatable bonds is 3. The number of aromatic nitrogens is 4. The first kappa shape index (κ1) is 12.4. The average molecular weight is 344 g/mol. The zero-order valence-corrected chi connectivity index (χ0v) is 11.8. The van der Waals surface area contributed by atoms with Gasteiger partial charge in [-0.1, -0.05) is 13.8 Å². The maximum absolute atomic E-state index is 9.36. The summed E-state index contributed by atoms with van der Waals surface area (Å²) in [4.78, 5) is 8.64. The van der Waals surface area contributed by atoms with Gasteiger partial charge in [0.1, 0.15) is 11.5 Å². The van der Waals surface area contributed by atoms with Gasteiger partial charge in [-0.3, -0.25) is 0 Å².